The minimum atomic E-state index is 1.17. The van der Waals surface area contributed by atoms with E-state index < -0.39 is 0 Å². The van der Waals surface area contributed by atoms with Crippen LogP contribution >= 0.6 is 0 Å². The van der Waals surface area contributed by atoms with E-state index in [-0.39, 0.29) is 0 Å². The van der Waals surface area contributed by atoms with Crippen LogP contribution in [0.3, 0.4) is 0 Å². The van der Waals surface area contributed by atoms with Gasteiger partial charge in [0.2, 0.25) is 0 Å². The Balaban J connectivity index is 1.22. The maximum atomic E-state index is 2.50. The first-order valence-electron chi connectivity index (χ1n) is 17.0. The van der Waals surface area contributed by atoms with Crippen LogP contribution < -0.4 is 0 Å². The Labute approximate surface area is 280 Å². The van der Waals surface area contributed by atoms with Gasteiger partial charge in [0.15, 0.2) is 0 Å². The molecule has 0 aliphatic heterocycles. The van der Waals surface area contributed by atoms with Crippen molar-refractivity contribution in [3.8, 4) is 11.4 Å². The molecule has 0 atom stereocenters. The van der Waals surface area contributed by atoms with Crippen molar-refractivity contribution >= 4 is 92.5 Å². The molecule has 0 saturated heterocycles. The van der Waals surface area contributed by atoms with Crippen molar-refractivity contribution in [3.05, 3.63) is 164 Å². The summed E-state index contributed by atoms with van der Waals surface area (Å²) in [6.07, 6.45) is 0. The number of aromatic nitrogens is 3. The fourth-order valence-corrected chi connectivity index (χ4v) is 9.02. The van der Waals surface area contributed by atoms with Gasteiger partial charge in [-0.3, -0.25) is 0 Å². The van der Waals surface area contributed by atoms with Crippen LogP contribution in [0.25, 0.3) is 104 Å². The Morgan fingerprint density at radius 1 is 0.265 bits per heavy atom. The fraction of sp³-hybridized carbons (Fsp3) is 0. The first-order valence-corrected chi connectivity index (χ1v) is 17.0. The molecule has 12 rings (SSSR count). The summed E-state index contributed by atoms with van der Waals surface area (Å²) in [5.41, 5.74) is 11.1. The summed E-state index contributed by atoms with van der Waals surface area (Å²) in [6.45, 7) is 0. The van der Waals surface area contributed by atoms with E-state index in [2.05, 4.69) is 177 Å². The second-order valence-corrected chi connectivity index (χ2v) is 13.3. The van der Waals surface area contributed by atoms with Crippen LogP contribution in [0.2, 0.25) is 0 Å². The summed E-state index contributed by atoms with van der Waals surface area (Å²) in [5.74, 6) is 0. The number of fused-ring (bicyclic) bond motifs is 15. The minimum absolute atomic E-state index is 1.17. The van der Waals surface area contributed by atoms with Crippen molar-refractivity contribution in [3.63, 3.8) is 0 Å². The number of rotatable bonds is 2. The standard InChI is InChI=1S/C46H27N3/c1-2-11-28(12-3-1)47-39-18-7-6-15-32(39)38-27-29(21-25-42(38)47)48-40-19-8-4-14-31(40)35-23-22-33-36(45(35)48)24-26-43-44(33)37-17-10-16-34-30-13-5-9-20-41(30)49(43)46(34)37/h1-27H. The molecule has 0 N–H and O–H groups in total. The van der Waals surface area contributed by atoms with Crippen LogP contribution in [0.5, 0.6) is 0 Å². The Bertz CT molecular complexity index is 3320. The zero-order valence-corrected chi connectivity index (χ0v) is 26.4. The summed E-state index contributed by atoms with van der Waals surface area (Å²) in [7, 11) is 0. The lowest BCUT2D eigenvalue weighted by Crippen LogP contribution is -1.96. The average molecular weight is 622 g/mol. The number of benzene rings is 8. The fourth-order valence-electron chi connectivity index (χ4n) is 9.02. The zero-order chi connectivity index (χ0) is 31.8. The maximum Gasteiger partial charge on any atom is 0.0620 e. The largest absolute Gasteiger partial charge is 0.309 e. The molecule has 49 heavy (non-hydrogen) atoms. The molecule has 12 aromatic rings. The van der Waals surface area contributed by atoms with E-state index in [9.17, 15) is 0 Å². The molecule has 0 unspecified atom stereocenters. The van der Waals surface area contributed by atoms with E-state index in [1.165, 1.54) is 104 Å². The third kappa shape index (κ3) is 3.13. The van der Waals surface area contributed by atoms with Gasteiger partial charge in [-0.25, -0.2) is 0 Å². The molecule has 0 bridgehead atoms. The van der Waals surface area contributed by atoms with Crippen molar-refractivity contribution in [1.29, 1.82) is 0 Å². The normalized spacial score (nSPS) is 12.5. The summed E-state index contributed by atoms with van der Waals surface area (Å²) in [4.78, 5) is 0. The molecule has 3 nitrogen and oxygen atoms in total. The third-order valence-electron chi connectivity index (χ3n) is 10.9. The molecule has 0 radical (unpaired) electrons. The van der Waals surface area contributed by atoms with Crippen molar-refractivity contribution in [1.82, 2.24) is 13.5 Å². The summed E-state index contributed by atoms with van der Waals surface area (Å²) >= 11 is 0. The van der Waals surface area contributed by atoms with E-state index in [4.69, 9.17) is 0 Å². The summed E-state index contributed by atoms with van der Waals surface area (Å²) < 4.78 is 7.36. The minimum Gasteiger partial charge on any atom is -0.309 e. The second kappa shape index (κ2) is 9.06. The Kier molecular flexibility index (Phi) is 4.72. The summed E-state index contributed by atoms with van der Waals surface area (Å²) in [6, 6.07) is 60.4. The molecular weight excluding hydrogens is 595 g/mol. The molecule has 3 heteroatoms. The van der Waals surface area contributed by atoms with Crippen LogP contribution in [0.1, 0.15) is 0 Å². The Hall–Kier alpha value is -6.58. The third-order valence-corrected chi connectivity index (χ3v) is 10.9. The number of nitrogens with zero attached hydrogens (tertiary/aromatic N) is 3. The molecule has 4 aromatic heterocycles. The first-order chi connectivity index (χ1) is 24.3. The van der Waals surface area contributed by atoms with E-state index in [0.717, 1.165) is 0 Å². The van der Waals surface area contributed by atoms with Gasteiger partial charge in [0, 0.05) is 59.9 Å². The Morgan fingerprint density at radius 3 is 1.61 bits per heavy atom. The Morgan fingerprint density at radius 2 is 0.796 bits per heavy atom. The quantitative estimate of drug-likeness (QED) is 0.182. The zero-order valence-electron chi connectivity index (χ0n) is 26.4. The van der Waals surface area contributed by atoms with Crippen LogP contribution in [0.4, 0.5) is 0 Å². The molecule has 8 aromatic carbocycles. The molecule has 0 aliphatic carbocycles. The smallest absolute Gasteiger partial charge is 0.0620 e. The second-order valence-electron chi connectivity index (χ2n) is 13.3. The molecule has 0 saturated carbocycles. The van der Waals surface area contributed by atoms with Gasteiger partial charge in [0.1, 0.15) is 0 Å². The predicted octanol–water partition coefficient (Wildman–Crippen LogP) is 12.2. The van der Waals surface area contributed by atoms with Gasteiger partial charge in [0.05, 0.1) is 38.6 Å². The molecule has 0 amide bonds. The van der Waals surface area contributed by atoms with Crippen molar-refractivity contribution in [2.24, 2.45) is 0 Å². The van der Waals surface area contributed by atoms with Gasteiger partial charge in [-0.2, -0.15) is 0 Å². The molecule has 0 aliphatic rings. The molecule has 226 valence electrons. The van der Waals surface area contributed by atoms with Crippen molar-refractivity contribution in [2.45, 2.75) is 0 Å². The highest BCUT2D eigenvalue weighted by Crippen LogP contribution is 2.45. The monoisotopic (exact) mass is 621 g/mol. The van der Waals surface area contributed by atoms with Crippen LogP contribution in [-0.2, 0) is 0 Å². The van der Waals surface area contributed by atoms with Gasteiger partial charge in [0.25, 0.3) is 0 Å². The summed E-state index contributed by atoms with van der Waals surface area (Å²) in [5, 5.41) is 12.9. The number of hydrogen-bond acceptors (Lipinski definition) is 0. The topological polar surface area (TPSA) is 14.3 Å². The van der Waals surface area contributed by atoms with E-state index >= 15 is 0 Å². The highest BCUT2D eigenvalue weighted by atomic mass is 15.0. The van der Waals surface area contributed by atoms with Gasteiger partial charge >= 0.3 is 0 Å². The van der Waals surface area contributed by atoms with Crippen LogP contribution in [-0.4, -0.2) is 13.5 Å². The average Bonchev–Trinajstić information content (AvgIpc) is 3.89. The van der Waals surface area contributed by atoms with E-state index in [1.54, 1.807) is 0 Å². The van der Waals surface area contributed by atoms with Crippen molar-refractivity contribution in [2.75, 3.05) is 0 Å². The van der Waals surface area contributed by atoms with Gasteiger partial charge in [-0.1, -0.05) is 109 Å². The van der Waals surface area contributed by atoms with Gasteiger partial charge < -0.3 is 13.5 Å². The van der Waals surface area contributed by atoms with Crippen molar-refractivity contribution < 1.29 is 0 Å². The number of hydrogen-bond donors (Lipinski definition) is 0. The van der Waals surface area contributed by atoms with E-state index in [0.29, 0.717) is 0 Å². The highest BCUT2D eigenvalue weighted by molar-refractivity contribution is 6.31. The predicted molar refractivity (Wildman–Crippen MR) is 207 cm³/mol. The lowest BCUT2D eigenvalue weighted by Gasteiger charge is -2.12. The lowest BCUT2D eigenvalue weighted by atomic mass is 10.00. The maximum absolute atomic E-state index is 2.50. The van der Waals surface area contributed by atoms with Gasteiger partial charge in [-0.05, 0) is 60.0 Å². The molecule has 0 spiro atoms. The van der Waals surface area contributed by atoms with Crippen LogP contribution in [0, 0.1) is 0 Å². The van der Waals surface area contributed by atoms with E-state index in [1.807, 2.05) is 0 Å². The first kappa shape index (κ1) is 25.5. The highest BCUT2D eigenvalue weighted by Gasteiger charge is 2.22. The molecular formula is C46H27N3. The number of para-hydroxylation sites is 5. The molecule has 0 fully saturated rings. The SMILES string of the molecule is c1ccc(-n2c3ccccc3c3cc(-n4c5ccccc5c5ccc6c(ccc7c6c6cccc8c9ccccc9n7c86)c54)ccc32)cc1. The van der Waals surface area contributed by atoms with Crippen LogP contribution in [0.15, 0.2) is 164 Å². The van der Waals surface area contributed by atoms with Gasteiger partial charge in [-0.15, -0.1) is 0 Å². The lowest BCUT2D eigenvalue weighted by molar-refractivity contribution is 1.17. The molecule has 4 heterocycles.